The Kier molecular flexibility index (Phi) is 5.53. The normalized spacial score (nSPS) is 20.0. The highest BCUT2D eigenvalue weighted by Crippen LogP contribution is 2.41. The van der Waals surface area contributed by atoms with Gasteiger partial charge in [-0.15, -0.1) is 0 Å². The van der Waals surface area contributed by atoms with Crippen LogP contribution in [0.5, 0.6) is 17.2 Å². The highest BCUT2D eigenvalue weighted by atomic mass is 79.9. The SMILES string of the molecule is COc1ccc(S(=O)(=O)N2CCCC2c2ccc3c(c2)OCCCO3)cc1Br. The molecular formula is C20H22BrNO5S. The van der Waals surface area contributed by atoms with Crippen LogP contribution in [-0.4, -0.2) is 39.6 Å². The summed E-state index contributed by atoms with van der Waals surface area (Å²) in [5, 5.41) is 0. The van der Waals surface area contributed by atoms with Gasteiger partial charge in [0.15, 0.2) is 11.5 Å². The van der Waals surface area contributed by atoms with Crippen molar-refractivity contribution in [1.29, 1.82) is 0 Å². The van der Waals surface area contributed by atoms with Gasteiger partial charge in [-0.3, -0.25) is 0 Å². The number of halogens is 1. The maximum absolute atomic E-state index is 13.3. The van der Waals surface area contributed by atoms with Crippen LogP contribution in [0.4, 0.5) is 0 Å². The van der Waals surface area contributed by atoms with E-state index in [0.717, 1.165) is 24.8 Å². The first-order valence-electron chi connectivity index (χ1n) is 9.25. The fraction of sp³-hybridized carbons (Fsp3) is 0.400. The van der Waals surface area contributed by atoms with Crippen LogP contribution in [0.2, 0.25) is 0 Å². The molecule has 4 rings (SSSR count). The molecule has 0 saturated carbocycles. The zero-order valence-electron chi connectivity index (χ0n) is 15.6. The van der Waals surface area contributed by atoms with E-state index in [1.54, 1.807) is 29.6 Å². The predicted octanol–water partition coefficient (Wildman–Crippen LogP) is 4.14. The molecule has 1 atom stereocenters. The standard InChI is InChI=1S/C20H22BrNO5S/c1-25-18-8-6-15(13-16(18)21)28(23,24)22-9-2-4-17(22)14-5-7-19-20(12-14)27-11-3-10-26-19/h5-8,12-13,17H,2-4,9-11H2,1H3. The highest BCUT2D eigenvalue weighted by Gasteiger charge is 2.37. The van der Waals surface area contributed by atoms with E-state index in [0.29, 0.717) is 41.5 Å². The summed E-state index contributed by atoms with van der Waals surface area (Å²) in [7, 11) is -2.09. The van der Waals surface area contributed by atoms with E-state index in [9.17, 15) is 8.42 Å². The number of methoxy groups -OCH3 is 1. The molecule has 150 valence electrons. The van der Waals surface area contributed by atoms with Gasteiger partial charge >= 0.3 is 0 Å². The molecular weight excluding hydrogens is 446 g/mol. The van der Waals surface area contributed by atoms with Gasteiger partial charge in [-0.1, -0.05) is 6.07 Å². The molecule has 0 aliphatic carbocycles. The van der Waals surface area contributed by atoms with Crippen LogP contribution < -0.4 is 14.2 Å². The van der Waals surface area contributed by atoms with Crippen LogP contribution in [0.15, 0.2) is 45.8 Å². The third-order valence-electron chi connectivity index (χ3n) is 5.09. The molecule has 0 bridgehead atoms. The van der Waals surface area contributed by atoms with Crippen molar-refractivity contribution < 1.29 is 22.6 Å². The van der Waals surface area contributed by atoms with E-state index < -0.39 is 10.0 Å². The van der Waals surface area contributed by atoms with E-state index in [-0.39, 0.29) is 10.9 Å². The average molecular weight is 468 g/mol. The number of hydrogen-bond donors (Lipinski definition) is 0. The summed E-state index contributed by atoms with van der Waals surface area (Å²) < 4.78 is 45.5. The van der Waals surface area contributed by atoms with Crippen molar-refractivity contribution in [3.05, 3.63) is 46.4 Å². The van der Waals surface area contributed by atoms with Gasteiger partial charge in [-0.25, -0.2) is 8.42 Å². The molecule has 2 aromatic carbocycles. The smallest absolute Gasteiger partial charge is 0.243 e. The topological polar surface area (TPSA) is 65.1 Å². The van der Waals surface area contributed by atoms with Crippen LogP contribution in [0, 0.1) is 0 Å². The zero-order chi connectivity index (χ0) is 19.7. The number of benzene rings is 2. The van der Waals surface area contributed by atoms with Gasteiger partial charge in [0.2, 0.25) is 10.0 Å². The summed E-state index contributed by atoms with van der Waals surface area (Å²) in [6, 6.07) is 10.4. The minimum atomic E-state index is -3.64. The van der Waals surface area contributed by atoms with E-state index in [4.69, 9.17) is 14.2 Å². The van der Waals surface area contributed by atoms with Crippen molar-refractivity contribution in [2.75, 3.05) is 26.9 Å². The Morgan fingerprint density at radius 3 is 2.61 bits per heavy atom. The van der Waals surface area contributed by atoms with Crippen molar-refractivity contribution in [2.24, 2.45) is 0 Å². The second-order valence-corrected chi connectivity index (χ2v) is 9.57. The molecule has 0 amide bonds. The maximum Gasteiger partial charge on any atom is 0.243 e. The highest BCUT2D eigenvalue weighted by molar-refractivity contribution is 9.10. The fourth-order valence-corrected chi connectivity index (χ4v) is 6.09. The molecule has 2 heterocycles. The van der Waals surface area contributed by atoms with E-state index in [1.807, 2.05) is 18.2 Å². The average Bonchev–Trinajstić information content (AvgIpc) is 3.08. The number of ether oxygens (including phenoxy) is 3. The Bertz CT molecular complexity index is 979. The molecule has 0 aromatic heterocycles. The first-order valence-corrected chi connectivity index (χ1v) is 11.5. The van der Waals surface area contributed by atoms with Crippen LogP contribution in [0.1, 0.15) is 30.9 Å². The fourth-order valence-electron chi connectivity index (χ4n) is 3.69. The summed E-state index contributed by atoms with van der Waals surface area (Å²) in [5.41, 5.74) is 0.929. The quantitative estimate of drug-likeness (QED) is 0.675. The summed E-state index contributed by atoms with van der Waals surface area (Å²) in [6.07, 6.45) is 2.42. The molecule has 0 spiro atoms. The van der Waals surface area contributed by atoms with Crippen LogP contribution in [0.3, 0.4) is 0 Å². The summed E-state index contributed by atoms with van der Waals surface area (Å²) in [6.45, 7) is 1.72. The number of rotatable bonds is 4. The second-order valence-electron chi connectivity index (χ2n) is 6.83. The third kappa shape index (κ3) is 3.60. The number of sulfonamides is 1. The second kappa shape index (κ2) is 7.93. The summed E-state index contributed by atoms with van der Waals surface area (Å²) in [4.78, 5) is 0.251. The molecule has 6 nitrogen and oxygen atoms in total. The lowest BCUT2D eigenvalue weighted by molar-refractivity contribution is 0.296. The zero-order valence-corrected chi connectivity index (χ0v) is 18.0. The Labute approximate surface area is 173 Å². The van der Waals surface area contributed by atoms with Gasteiger partial charge in [0.05, 0.1) is 35.7 Å². The van der Waals surface area contributed by atoms with Gasteiger partial charge in [0.25, 0.3) is 0 Å². The van der Waals surface area contributed by atoms with Gasteiger partial charge in [-0.05, 0) is 64.7 Å². The summed E-state index contributed by atoms with van der Waals surface area (Å²) in [5.74, 6) is 2.00. The lowest BCUT2D eigenvalue weighted by Crippen LogP contribution is -2.30. The van der Waals surface area contributed by atoms with Crippen molar-refractivity contribution in [1.82, 2.24) is 4.31 Å². The van der Waals surface area contributed by atoms with E-state index in [1.165, 1.54) is 0 Å². The molecule has 1 saturated heterocycles. The van der Waals surface area contributed by atoms with Crippen molar-refractivity contribution in [3.8, 4) is 17.2 Å². The molecule has 8 heteroatoms. The maximum atomic E-state index is 13.3. The lowest BCUT2D eigenvalue weighted by atomic mass is 10.0. The van der Waals surface area contributed by atoms with Crippen molar-refractivity contribution in [2.45, 2.75) is 30.2 Å². The third-order valence-corrected chi connectivity index (χ3v) is 7.61. The van der Waals surface area contributed by atoms with Crippen LogP contribution >= 0.6 is 15.9 Å². The minimum Gasteiger partial charge on any atom is -0.496 e. The van der Waals surface area contributed by atoms with E-state index >= 15 is 0 Å². The number of hydrogen-bond acceptors (Lipinski definition) is 5. The predicted molar refractivity (Wildman–Crippen MR) is 109 cm³/mol. The van der Waals surface area contributed by atoms with Gasteiger partial charge in [-0.2, -0.15) is 4.31 Å². The molecule has 1 unspecified atom stereocenters. The molecule has 28 heavy (non-hydrogen) atoms. The van der Waals surface area contributed by atoms with Gasteiger partial charge in [0, 0.05) is 13.0 Å². The Morgan fingerprint density at radius 1 is 1.07 bits per heavy atom. The minimum absolute atomic E-state index is 0.219. The van der Waals surface area contributed by atoms with Crippen LogP contribution in [0.25, 0.3) is 0 Å². The molecule has 0 N–H and O–H groups in total. The first kappa shape index (κ1) is 19.5. The van der Waals surface area contributed by atoms with Gasteiger partial charge in [0.1, 0.15) is 5.75 Å². The Morgan fingerprint density at radius 2 is 1.86 bits per heavy atom. The molecule has 2 aliphatic heterocycles. The van der Waals surface area contributed by atoms with Crippen LogP contribution in [-0.2, 0) is 10.0 Å². The Hall–Kier alpha value is -1.77. The first-order chi connectivity index (χ1) is 13.5. The van der Waals surface area contributed by atoms with Crippen molar-refractivity contribution >= 4 is 26.0 Å². The monoisotopic (exact) mass is 467 g/mol. The van der Waals surface area contributed by atoms with E-state index in [2.05, 4.69) is 15.9 Å². The Balaban J connectivity index is 1.66. The lowest BCUT2D eigenvalue weighted by Gasteiger charge is -2.25. The number of fused-ring (bicyclic) bond motifs is 1. The largest absolute Gasteiger partial charge is 0.496 e. The molecule has 2 aliphatic rings. The van der Waals surface area contributed by atoms with Crippen molar-refractivity contribution in [3.63, 3.8) is 0 Å². The molecule has 1 fully saturated rings. The van der Waals surface area contributed by atoms with Gasteiger partial charge < -0.3 is 14.2 Å². The summed E-state index contributed by atoms with van der Waals surface area (Å²) >= 11 is 3.38. The number of nitrogens with zero attached hydrogens (tertiary/aromatic N) is 1. The molecule has 0 radical (unpaired) electrons. The molecule has 2 aromatic rings.